The molecule has 1 fully saturated rings. The average Bonchev–Trinajstić information content (AvgIpc) is 2.53. The number of benzene rings is 1. The van der Waals surface area contributed by atoms with Crippen LogP contribution in [0.5, 0.6) is 11.5 Å². The Hall–Kier alpha value is -1.30. The summed E-state index contributed by atoms with van der Waals surface area (Å²) in [6.07, 6.45) is 0.544. The van der Waals surface area contributed by atoms with Gasteiger partial charge in [0.05, 0.1) is 20.3 Å². The van der Waals surface area contributed by atoms with Crippen molar-refractivity contribution in [2.75, 3.05) is 40.9 Å². The lowest BCUT2D eigenvalue weighted by Gasteiger charge is -2.35. The van der Waals surface area contributed by atoms with Crippen molar-refractivity contribution in [3.8, 4) is 11.5 Å². The van der Waals surface area contributed by atoms with E-state index in [2.05, 4.69) is 24.2 Å². The number of methoxy groups -OCH3 is 2. The Bertz CT molecular complexity index is 459. The lowest BCUT2D eigenvalue weighted by Crippen LogP contribution is -2.47. The molecule has 0 saturated carbocycles. The van der Waals surface area contributed by atoms with Crippen LogP contribution in [0.25, 0.3) is 0 Å². The Balaban J connectivity index is 1.95. The molecule has 1 aliphatic heterocycles. The highest BCUT2D eigenvalue weighted by molar-refractivity contribution is 5.39. The first-order chi connectivity index (χ1) is 10.5. The zero-order chi connectivity index (χ0) is 16.1. The summed E-state index contributed by atoms with van der Waals surface area (Å²) in [5, 5.41) is 14.0. The standard InChI is InChI=1S/C17H28N2O3/c1-12-11-19(2)6-5-16(12)18-10-17(20)13-7-14(21-3)9-15(8-13)22-4/h7-9,12,16-18,20H,5-6,10-11H2,1-4H3. The fourth-order valence-corrected chi connectivity index (χ4v) is 3.06. The molecule has 1 aromatic rings. The molecule has 1 heterocycles. The van der Waals surface area contributed by atoms with Gasteiger partial charge in [-0.25, -0.2) is 0 Å². The Morgan fingerprint density at radius 1 is 1.27 bits per heavy atom. The number of hydrogen-bond acceptors (Lipinski definition) is 5. The molecule has 124 valence electrons. The van der Waals surface area contributed by atoms with Crippen LogP contribution in [0.3, 0.4) is 0 Å². The van der Waals surface area contributed by atoms with Gasteiger partial charge in [0.2, 0.25) is 0 Å². The first kappa shape index (κ1) is 17.1. The Kier molecular flexibility index (Phi) is 6.06. The summed E-state index contributed by atoms with van der Waals surface area (Å²) in [4.78, 5) is 2.35. The van der Waals surface area contributed by atoms with Crippen LogP contribution in [-0.2, 0) is 0 Å². The number of rotatable bonds is 6. The number of nitrogens with zero attached hydrogens (tertiary/aromatic N) is 1. The summed E-state index contributed by atoms with van der Waals surface area (Å²) in [7, 11) is 5.39. The quantitative estimate of drug-likeness (QED) is 0.837. The highest BCUT2D eigenvalue weighted by Gasteiger charge is 2.24. The summed E-state index contributed by atoms with van der Waals surface area (Å²) in [6.45, 7) is 5.00. The van der Waals surface area contributed by atoms with E-state index in [-0.39, 0.29) is 0 Å². The predicted octanol–water partition coefficient (Wildman–Crippen LogP) is 1.67. The van der Waals surface area contributed by atoms with Crippen LogP contribution in [0, 0.1) is 5.92 Å². The van der Waals surface area contributed by atoms with E-state index in [1.165, 1.54) is 0 Å². The molecule has 5 heteroatoms. The molecule has 1 aromatic carbocycles. The van der Waals surface area contributed by atoms with Crippen LogP contribution in [0.15, 0.2) is 18.2 Å². The molecule has 3 atom stereocenters. The third-order valence-corrected chi connectivity index (χ3v) is 4.44. The van der Waals surface area contributed by atoms with Crippen molar-refractivity contribution >= 4 is 0 Å². The summed E-state index contributed by atoms with van der Waals surface area (Å²) in [5.41, 5.74) is 0.810. The van der Waals surface area contributed by atoms with E-state index in [1.54, 1.807) is 14.2 Å². The molecule has 1 aliphatic rings. The van der Waals surface area contributed by atoms with Crippen molar-refractivity contribution in [1.82, 2.24) is 10.2 Å². The SMILES string of the molecule is COc1cc(OC)cc(C(O)CNC2CCN(C)CC2C)c1. The molecule has 3 unspecified atom stereocenters. The van der Waals surface area contributed by atoms with Crippen molar-refractivity contribution in [3.05, 3.63) is 23.8 Å². The highest BCUT2D eigenvalue weighted by atomic mass is 16.5. The molecule has 5 nitrogen and oxygen atoms in total. The van der Waals surface area contributed by atoms with E-state index in [9.17, 15) is 5.11 Å². The maximum Gasteiger partial charge on any atom is 0.122 e. The fraction of sp³-hybridized carbons (Fsp3) is 0.647. The summed E-state index contributed by atoms with van der Waals surface area (Å²) in [6, 6.07) is 5.97. The molecule has 2 N–H and O–H groups in total. The summed E-state index contributed by atoms with van der Waals surface area (Å²) >= 11 is 0. The number of aliphatic hydroxyl groups is 1. The molecule has 22 heavy (non-hydrogen) atoms. The van der Waals surface area contributed by atoms with Crippen LogP contribution < -0.4 is 14.8 Å². The van der Waals surface area contributed by atoms with Crippen LogP contribution in [0.2, 0.25) is 0 Å². The first-order valence-corrected chi connectivity index (χ1v) is 7.86. The highest BCUT2D eigenvalue weighted by Crippen LogP contribution is 2.26. The molecular formula is C17H28N2O3. The van der Waals surface area contributed by atoms with Crippen molar-refractivity contribution < 1.29 is 14.6 Å². The van der Waals surface area contributed by atoms with E-state index in [0.717, 1.165) is 25.1 Å². The van der Waals surface area contributed by atoms with Crippen molar-refractivity contribution in [2.24, 2.45) is 5.92 Å². The van der Waals surface area contributed by atoms with Gasteiger partial charge in [0, 0.05) is 25.2 Å². The number of hydrogen-bond donors (Lipinski definition) is 2. The van der Waals surface area contributed by atoms with Crippen molar-refractivity contribution in [2.45, 2.75) is 25.5 Å². The summed E-state index contributed by atoms with van der Waals surface area (Å²) in [5.74, 6) is 1.98. The van der Waals surface area contributed by atoms with Gasteiger partial charge in [-0.3, -0.25) is 0 Å². The van der Waals surface area contributed by atoms with Crippen molar-refractivity contribution in [3.63, 3.8) is 0 Å². The number of ether oxygens (including phenoxy) is 2. The molecule has 0 spiro atoms. The topological polar surface area (TPSA) is 54.0 Å². The molecule has 0 bridgehead atoms. The van der Waals surface area contributed by atoms with Gasteiger partial charge in [-0.15, -0.1) is 0 Å². The molecule has 0 radical (unpaired) electrons. The lowest BCUT2D eigenvalue weighted by atomic mass is 9.94. The second-order valence-corrected chi connectivity index (χ2v) is 6.20. The van der Waals surface area contributed by atoms with Crippen LogP contribution >= 0.6 is 0 Å². The number of likely N-dealkylation sites (tertiary alicyclic amines) is 1. The fourth-order valence-electron chi connectivity index (χ4n) is 3.06. The third kappa shape index (κ3) is 4.35. The van der Waals surface area contributed by atoms with Crippen LogP contribution in [-0.4, -0.2) is 56.9 Å². The molecule has 0 amide bonds. The molecule has 2 rings (SSSR count). The van der Waals surface area contributed by atoms with E-state index < -0.39 is 6.10 Å². The molecule has 0 aliphatic carbocycles. The zero-order valence-corrected chi connectivity index (χ0v) is 14.0. The minimum atomic E-state index is -0.573. The zero-order valence-electron chi connectivity index (χ0n) is 14.0. The van der Waals surface area contributed by atoms with Crippen LogP contribution in [0.4, 0.5) is 0 Å². The molecular weight excluding hydrogens is 280 g/mol. The van der Waals surface area contributed by atoms with Crippen LogP contribution in [0.1, 0.15) is 25.0 Å². The van der Waals surface area contributed by atoms with E-state index in [4.69, 9.17) is 9.47 Å². The first-order valence-electron chi connectivity index (χ1n) is 7.86. The Morgan fingerprint density at radius 2 is 1.91 bits per heavy atom. The number of piperidine rings is 1. The Morgan fingerprint density at radius 3 is 2.45 bits per heavy atom. The van der Waals surface area contributed by atoms with Gasteiger partial charge in [-0.05, 0) is 43.6 Å². The minimum Gasteiger partial charge on any atom is -0.497 e. The van der Waals surface area contributed by atoms with Gasteiger partial charge < -0.3 is 24.8 Å². The smallest absolute Gasteiger partial charge is 0.122 e. The molecule has 1 saturated heterocycles. The van der Waals surface area contributed by atoms with Gasteiger partial charge in [0.1, 0.15) is 11.5 Å². The maximum atomic E-state index is 10.4. The van der Waals surface area contributed by atoms with E-state index in [1.807, 2.05) is 18.2 Å². The second-order valence-electron chi connectivity index (χ2n) is 6.20. The van der Waals surface area contributed by atoms with E-state index in [0.29, 0.717) is 30.0 Å². The van der Waals surface area contributed by atoms with E-state index >= 15 is 0 Å². The van der Waals surface area contributed by atoms with Gasteiger partial charge in [-0.1, -0.05) is 6.92 Å². The van der Waals surface area contributed by atoms with Gasteiger partial charge >= 0.3 is 0 Å². The minimum absolute atomic E-state index is 0.457. The summed E-state index contributed by atoms with van der Waals surface area (Å²) < 4.78 is 10.5. The van der Waals surface area contributed by atoms with Gasteiger partial charge in [0.25, 0.3) is 0 Å². The average molecular weight is 308 g/mol. The Labute approximate surface area is 133 Å². The monoisotopic (exact) mass is 308 g/mol. The number of nitrogens with one attached hydrogen (secondary N) is 1. The number of aliphatic hydroxyl groups excluding tert-OH is 1. The maximum absolute atomic E-state index is 10.4. The normalized spacial score (nSPS) is 24.0. The lowest BCUT2D eigenvalue weighted by molar-refractivity contribution is 0.137. The second kappa shape index (κ2) is 7.81. The third-order valence-electron chi connectivity index (χ3n) is 4.44. The largest absolute Gasteiger partial charge is 0.497 e. The van der Waals surface area contributed by atoms with Crippen molar-refractivity contribution in [1.29, 1.82) is 0 Å². The molecule has 0 aromatic heterocycles. The van der Waals surface area contributed by atoms with Gasteiger partial charge in [0.15, 0.2) is 0 Å². The predicted molar refractivity (Wildman–Crippen MR) is 87.6 cm³/mol. The van der Waals surface area contributed by atoms with Gasteiger partial charge in [-0.2, -0.15) is 0 Å².